The van der Waals surface area contributed by atoms with Gasteiger partial charge in [-0.05, 0) is 53.6 Å². The van der Waals surface area contributed by atoms with Gasteiger partial charge in [-0.15, -0.1) is 0 Å². The zero-order valence-electron chi connectivity index (χ0n) is 18.8. The third kappa shape index (κ3) is 2.51. The summed E-state index contributed by atoms with van der Waals surface area (Å²) in [5.74, 6) is 3.06. The van der Waals surface area contributed by atoms with Crippen molar-refractivity contribution in [3.8, 4) is 23.0 Å². The maximum absolute atomic E-state index is 13.3. The first kappa shape index (κ1) is 19.2. The van der Waals surface area contributed by atoms with Crippen LogP contribution in [0.25, 0.3) is 6.08 Å². The standard InChI is InChI=1S/C30H21NO3/c1-30(2)20-10-4-3-9-19(20)29(32)21(30)15-18-16-26-28-27(17-18)34-25-14-8-6-12-23(25)31(28)22-11-5-7-13-24(22)33-26/h3-17H,1-2H3/b21-15+. The van der Waals surface area contributed by atoms with Crippen molar-refractivity contribution in [1.82, 2.24) is 0 Å². The summed E-state index contributed by atoms with van der Waals surface area (Å²) in [6.07, 6.45) is 1.98. The largest absolute Gasteiger partial charge is 0.453 e. The predicted octanol–water partition coefficient (Wildman–Crippen LogP) is 7.93. The molecule has 164 valence electrons. The second-order valence-corrected chi connectivity index (χ2v) is 9.40. The lowest BCUT2D eigenvalue weighted by atomic mass is 9.82. The summed E-state index contributed by atoms with van der Waals surface area (Å²) in [4.78, 5) is 15.5. The van der Waals surface area contributed by atoms with Crippen molar-refractivity contribution in [1.29, 1.82) is 0 Å². The summed E-state index contributed by atoms with van der Waals surface area (Å²) in [5, 5.41) is 0. The zero-order chi connectivity index (χ0) is 23.0. The molecule has 4 heteroatoms. The van der Waals surface area contributed by atoms with Crippen molar-refractivity contribution in [3.05, 3.63) is 107 Å². The summed E-state index contributed by atoms with van der Waals surface area (Å²) < 4.78 is 12.7. The van der Waals surface area contributed by atoms with Gasteiger partial charge in [-0.3, -0.25) is 9.69 Å². The molecule has 0 atom stereocenters. The van der Waals surface area contributed by atoms with Crippen LogP contribution in [0.15, 0.2) is 90.5 Å². The molecule has 2 heterocycles. The van der Waals surface area contributed by atoms with Crippen molar-refractivity contribution in [2.45, 2.75) is 19.3 Å². The summed E-state index contributed by atoms with van der Waals surface area (Å²) in [5.41, 5.74) is 5.92. The Bertz CT molecular complexity index is 1490. The smallest absolute Gasteiger partial charge is 0.190 e. The predicted molar refractivity (Wildman–Crippen MR) is 133 cm³/mol. The van der Waals surface area contributed by atoms with Crippen LogP contribution in [0.1, 0.15) is 35.3 Å². The van der Waals surface area contributed by atoms with Gasteiger partial charge < -0.3 is 9.47 Å². The maximum Gasteiger partial charge on any atom is 0.190 e. The van der Waals surface area contributed by atoms with Gasteiger partial charge in [-0.25, -0.2) is 0 Å². The summed E-state index contributed by atoms with van der Waals surface area (Å²) in [7, 11) is 0. The van der Waals surface area contributed by atoms with Gasteiger partial charge >= 0.3 is 0 Å². The quantitative estimate of drug-likeness (QED) is 0.242. The molecule has 0 bridgehead atoms. The molecule has 0 unspecified atom stereocenters. The van der Waals surface area contributed by atoms with Crippen LogP contribution in [0.5, 0.6) is 23.0 Å². The molecule has 4 nitrogen and oxygen atoms in total. The Morgan fingerprint density at radius 1 is 0.735 bits per heavy atom. The van der Waals surface area contributed by atoms with Crippen molar-refractivity contribution in [2.75, 3.05) is 4.90 Å². The van der Waals surface area contributed by atoms with Gasteiger partial charge in [0, 0.05) is 16.6 Å². The van der Waals surface area contributed by atoms with E-state index >= 15 is 0 Å². The number of rotatable bonds is 1. The molecular weight excluding hydrogens is 422 g/mol. The number of benzene rings is 4. The lowest BCUT2D eigenvalue weighted by Crippen LogP contribution is -2.20. The fourth-order valence-electron chi connectivity index (χ4n) is 5.34. The minimum absolute atomic E-state index is 0.0751. The molecule has 4 aromatic rings. The molecular formula is C30H21NO3. The number of carbonyl (C=O) groups excluding carboxylic acids is 1. The number of carbonyl (C=O) groups is 1. The second-order valence-electron chi connectivity index (χ2n) is 9.40. The minimum Gasteiger partial charge on any atom is -0.453 e. The van der Waals surface area contributed by atoms with E-state index in [1.54, 1.807) is 0 Å². The average molecular weight is 444 g/mol. The minimum atomic E-state index is -0.381. The van der Waals surface area contributed by atoms with Crippen molar-refractivity contribution in [3.63, 3.8) is 0 Å². The number of anilines is 3. The van der Waals surface area contributed by atoms with Gasteiger partial charge in [-0.2, -0.15) is 0 Å². The highest BCUT2D eigenvalue weighted by atomic mass is 16.5. The van der Waals surface area contributed by atoms with Crippen LogP contribution in [0.3, 0.4) is 0 Å². The van der Waals surface area contributed by atoms with E-state index in [-0.39, 0.29) is 11.2 Å². The molecule has 7 rings (SSSR count). The van der Waals surface area contributed by atoms with Crippen molar-refractivity contribution >= 4 is 28.9 Å². The number of ketones is 1. The maximum atomic E-state index is 13.3. The first-order valence-electron chi connectivity index (χ1n) is 11.4. The third-order valence-corrected chi connectivity index (χ3v) is 7.01. The Kier molecular flexibility index (Phi) is 3.73. The highest BCUT2D eigenvalue weighted by Gasteiger charge is 2.41. The Labute approximate surface area is 197 Å². The molecule has 34 heavy (non-hydrogen) atoms. The van der Waals surface area contributed by atoms with Gasteiger partial charge in [0.25, 0.3) is 0 Å². The van der Waals surface area contributed by atoms with Crippen LogP contribution in [0, 0.1) is 0 Å². The zero-order valence-corrected chi connectivity index (χ0v) is 18.8. The number of hydrogen-bond acceptors (Lipinski definition) is 4. The summed E-state index contributed by atoms with van der Waals surface area (Å²) in [6, 6.07) is 27.9. The Morgan fingerprint density at radius 3 is 1.91 bits per heavy atom. The number of para-hydroxylation sites is 4. The number of Topliss-reactive ketones (excluding diaryl/α,β-unsaturated/α-hetero) is 1. The molecule has 0 aromatic heterocycles. The van der Waals surface area contributed by atoms with Crippen LogP contribution in [-0.4, -0.2) is 5.78 Å². The lowest BCUT2D eigenvalue weighted by Gasteiger charge is -2.38. The van der Waals surface area contributed by atoms with Crippen molar-refractivity contribution < 1.29 is 14.3 Å². The molecule has 0 radical (unpaired) electrons. The average Bonchev–Trinajstić information content (AvgIpc) is 3.04. The highest BCUT2D eigenvalue weighted by molar-refractivity contribution is 6.17. The van der Waals surface area contributed by atoms with Gasteiger partial charge in [0.15, 0.2) is 28.8 Å². The number of allylic oxidation sites excluding steroid dienone is 1. The molecule has 0 fully saturated rings. The van der Waals surface area contributed by atoms with Crippen LogP contribution < -0.4 is 14.4 Å². The number of hydrogen-bond donors (Lipinski definition) is 0. The number of fused-ring (bicyclic) bond motifs is 5. The summed E-state index contributed by atoms with van der Waals surface area (Å²) >= 11 is 0. The van der Waals surface area contributed by atoms with Gasteiger partial charge in [0.2, 0.25) is 0 Å². The fraction of sp³-hybridized carbons (Fsp3) is 0.100. The van der Waals surface area contributed by atoms with Gasteiger partial charge in [0.1, 0.15) is 5.69 Å². The Balaban J connectivity index is 1.42. The van der Waals surface area contributed by atoms with Gasteiger partial charge in [0.05, 0.1) is 11.4 Å². The molecule has 0 amide bonds. The Hall–Kier alpha value is -4.31. The summed E-state index contributed by atoms with van der Waals surface area (Å²) in [6.45, 7) is 4.21. The van der Waals surface area contributed by atoms with Crippen molar-refractivity contribution in [2.24, 2.45) is 0 Å². The van der Waals surface area contributed by atoms with E-state index in [9.17, 15) is 4.79 Å². The molecule has 0 N–H and O–H groups in total. The topological polar surface area (TPSA) is 38.8 Å². The lowest BCUT2D eigenvalue weighted by molar-refractivity contribution is 0.103. The van der Waals surface area contributed by atoms with E-state index in [4.69, 9.17) is 9.47 Å². The van der Waals surface area contributed by atoms with E-state index in [1.165, 1.54) is 0 Å². The van der Waals surface area contributed by atoms with E-state index in [2.05, 4.69) is 30.9 Å². The first-order valence-corrected chi connectivity index (χ1v) is 11.4. The van der Waals surface area contributed by atoms with Crippen LogP contribution in [0.2, 0.25) is 0 Å². The third-order valence-electron chi connectivity index (χ3n) is 7.01. The molecule has 1 aliphatic carbocycles. The molecule has 2 aliphatic heterocycles. The normalized spacial score (nSPS) is 17.3. The monoisotopic (exact) mass is 443 g/mol. The number of ether oxygens (including phenoxy) is 2. The molecule has 3 aliphatic rings. The van der Waals surface area contributed by atoms with E-state index in [1.807, 2.05) is 78.9 Å². The van der Waals surface area contributed by atoms with E-state index in [0.717, 1.165) is 50.8 Å². The SMILES string of the molecule is CC1(C)/C(=C/c2cc3c4c(c2)Oc2ccccc2N4c2ccccc2O3)C(=O)c2ccccc21. The first-order chi connectivity index (χ1) is 16.5. The van der Waals surface area contributed by atoms with Gasteiger partial charge in [-0.1, -0.05) is 62.4 Å². The molecule has 4 aromatic carbocycles. The van der Waals surface area contributed by atoms with E-state index in [0.29, 0.717) is 11.5 Å². The molecule has 0 saturated carbocycles. The second kappa shape index (κ2) is 6.61. The Morgan fingerprint density at radius 2 is 1.29 bits per heavy atom. The molecule has 0 saturated heterocycles. The van der Waals surface area contributed by atoms with E-state index < -0.39 is 0 Å². The highest BCUT2D eigenvalue weighted by Crippen LogP contribution is 2.60. The van der Waals surface area contributed by atoms with Crippen LogP contribution in [0.4, 0.5) is 17.1 Å². The van der Waals surface area contributed by atoms with Crippen LogP contribution >= 0.6 is 0 Å². The van der Waals surface area contributed by atoms with Crippen LogP contribution in [-0.2, 0) is 5.41 Å². The fourth-order valence-corrected chi connectivity index (χ4v) is 5.34. The molecule has 0 spiro atoms. The number of nitrogens with zero attached hydrogens (tertiary/aromatic N) is 1.